The smallest absolute Gasteiger partial charge is 0.268 e. The first-order valence-corrected chi connectivity index (χ1v) is 15.0. The second kappa shape index (κ2) is 12.2. The Bertz CT molecular complexity index is 1530. The standard InChI is InChI=1S/C30H33Cl2N7O4/c1-36(2)19-8-11-37(12-9-19)25-7-6-18(14-21(25)28(41)38-13-10-20(40)16-38)34-30-33-15-22-27(35-30)43-17-39(29(22)42)26-23(31)4-3-5-24(26)32/h3-7,14-15,19-20,40H,8-13,16-17H2,1-2H3,(H,33,34,35). The topological polar surface area (TPSA) is 114 Å². The van der Waals surface area contributed by atoms with Crippen molar-refractivity contribution in [2.24, 2.45) is 0 Å². The van der Waals surface area contributed by atoms with E-state index in [1.54, 1.807) is 29.2 Å². The number of carbonyl (C=O) groups is 2. The third kappa shape index (κ3) is 5.95. The minimum absolute atomic E-state index is 0.120. The Morgan fingerprint density at radius 1 is 1.09 bits per heavy atom. The van der Waals surface area contributed by atoms with Crippen LogP contribution >= 0.6 is 23.2 Å². The molecule has 2 aromatic carbocycles. The molecule has 3 aromatic rings. The van der Waals surface area contributed by atoms with Crippen molar-refractivity contribution in [1.29, 1.82) is 0 Å². The molecule has 2 fully saturated rings. The van der Waals surface area contributed by atoms with Crippen molar-refractivity contribution in [3.8, 4) is 5.88 Å². The van der Waals surface area contributed by atoms with Gasteiger partial charge in [0.15, 0.2) is 6.73 Å². The number of anilines is 4. The van der Waals surface area contributed by atoms with Crippen LogP contribution in [-0.4, -0.2) is 95.8 Å². The number of fused-ring (bicyclic) bond motifs is 1. The number of para-hydroxylation sites is 1. The van der Waals surface area contributed by atoms with Gasteiger partial charge in [0.2, 0.25) is 11.8 Å². The summed E-state index contributed by atoms with van der Waals surface area (Å²) in [6.07, 6.45) is 3.45. The number of halogens is 2. The van der Waals surface area contributed by atoms with Crippen LogP contribution in [0.3, 0.4) is 0 Å². The summed E-state index contributed by atoms with van der Waals surface area (Å²) >= 11 is 12.6. The number of aliphatic hydroxyl groups is 1. The molecule has 3 aliphatic heterocycles. The van der Waals surface area contributed by atoms with E-state index in [2.05, 4.69) is 39.2 Å². The molecular weight excluding hydrogens is 593 g/mol. The van der Waals surface area contributed by atoms with Gasteiger partial charge in [-0.15, -0.1) is 0 Å². The maximum absolute atomic E-state index is 13.7. The number of hydrogen-bond acceptors (Lipinski definition) is 9. The molecule has 6 rings (SSSR count). The number of amides is 2. The minimum atomic E-state index is -0.513. The van der Waals surface area contributed by atoms with E-state index in [0.717, 1.165) is 31.6 Å². The van der Waals surface area contributed by atoms with E-state index in [-0.39, 0.29) is 35.9 Å². The van der Waals surface area contributed by atoms with Gasteiger partial charge in [-0.1, -0.05) is 29.3 Å². The highest BCUT2D eigenvalue weighted by Crippen LogP contribution is 2.37. The Kier molecular flexibility index (Phi) is 8.32. The lowest BCUT2D eigenvalue weighted by Crippen LogP contribution is -2.42. The lowest BCUT2D eigenvalue weighted by Gasteiger charge is -2.37. The van der Waals surface area contributed by atoms with Crippen LogP contribution in [0.1, 0.15) is 40.0 Å². The first-order chi connectivity index (χ1) is 20.7. The van der Waals surface area contributed by atoms with Crippen molar-refractivity contribution in [3.05, 3.63) is 63.8 Å². The summed E-state index contributed by atoms with van der Waals surface area (Å²) in [7, 11) is 4.20. The molecule has 0 radical (unpaired) electrons. The summed E-state index contributed by atoms with van der Waals surface area (Å²) in [6.45, 7) is 2.39. The van der Waals surface area contributed by atoms with Gasteiger partial charge in [0.25, 0.3) is 11.8 Å². The third-order valence-corrected chi connectivity index (χ3v) is 8.85. The van der Waals surface area contributed by atoms with Gasteiger partial charge in [0.1, 0.15) is 5.56 Å². The molecule has 43 heavy (non-hydrogen) atoms. The van der Waals surface area contributed by atoms with Crippen LogP contribution in [0.15, 0.2) is 42.6 Å². The molecule has 0 spiro atoms. The van der Waals surface area contributed by atoms with Gasteiger partial charge in [0.05, 0.1) is 27.4 Å². The number of ether oxygens (including phenoxy) is 1. The number of nitrogens with one attached hydrogen (secondary N) is 1. The van der Waals surface area contributed by atoms with E-state index in [1.165, 1.54) is 11.1 Å². The molecule has 1 aromatic heterocycles. The molecule has 0 saturated carbocycles. The number of nitrogens with zero attached hydrogens (tertiary/aromatic N) is 6. The second-order valence-electron chi connectivity index (χ2n) is 11.2. The zero-order valence-corrected chi connectivity index (χ0v) is 25.5. The van der Waals surface area contributed by atoms with E-state index < -0.39 is 6.10 Å². The van der Waals surface area contributed by atoms with Gasteiger partial charge < -0.3 is 29.9 Å². The number of piperidine rings is 1. The molecule has 1 atom stereocenters. The third-order valence-electron chi connectivity index (χ3n) is 8.24. The Labute approximate surface area is 260 Å². The van der Waals surface area contributed by atoms with Crippen LogP contribution in [0, 0.1) is 0 Å². The maximum atomic E-state index is 13.7. The molecule has 3 aliphatic rings. The fourth-order valence-electron chi connectivity index (χ4n) is 5.84. The molecular formula is C30H33Cl2N7O4. The predicted molar refractivity (Wildman–Crippen MR) is 166 cm³/mol. The van der Waals surface area contributed by atoms with Crippen molar-refractivity contribution in [1.82, 2.24) is 19.8 Å². The summed E-state index contributed by atoms with van der Waals surface area (Å²) in [4.78, 5) is 43.3. The Hall–Kier alpha value is -3.64. The van der Waals surface area contributed by atoms with E-state index in [9.17, 15) is 14.7 Å². The largest absolute Gasteiger partial charge is 0.455 e. The molecule has 13 heteroatoms. The number of β-amino-alcohol motifs (C(OH)–C–C–N with tert-alkyl or cyclic N) is 1. The highest BCUT2D eigenvalue weighted by Gasteiger charge is 2.32. The summed E-state index contributed by atoms with van der Waals surface area (Å²) in [5.41, 5.74) is 2.57. The quantitative estimate of drug-likeness (QED) is 0.415. The molecule has 2 amide bonds. The lowest BCUT2D eigenvalue weighted by atomic mass is 10.0. The first kappa shape index (κ1) is 29.4. The summed E-state index contributed by atoms with van der Waals surface area (Å²) in [6, 6.07) is 11.1. The molecule has 11 nitrogen and oxygen atoms in total. The molecule has 0 bridgehead atoms. The zero-order valence-electron chi connectivity index (χ0n) is 24.0. The van der Waals surface area contributed by atoms with Gasteiger partial charge in [-0.3, -0.25) is 14.5 Å². The summed E-state index contributed by atoms with van der Waals surface area (Å²) < 4.78 is 5.81. The number of hydrogen-bond donors (Lipinski definition) is 2. The summed E-state index contributed by atoms with van der Waals surface area (Å²) in [5, 5.41) is 13.9. The van der Waals surface area contributed by atoms with Crippen LogP contribution in [-0.2, 0) is 0 Å². The average molecular weight is 627 g/mol. The van der Waals surface area contributed by atoms with Crippen LogP contribution in [0.5, 0.6) is 5.88 Å². The SMILES string of the molecule is CN(C)C1CCN(c2ccc(Nc3ncc4c(n3)OCN(c3c(Cl)cccc3Cl)C4=O)cc2C(=O)N2CCC(O)C2)CC1. The molecule has 1 unspecified atom stereocenters. The molecule has 0 aliphatic carbocycles. The van der Waals surface area contributed by atoms with Gasteiger partial charge in [-0.05, 0) is 63.7 Å². The van der Waals surface area contributed by atoms with Gasteiger partial charge in [0, 0.05) is 49.8 Å². The number of rotatable bonds is 6. The molecule has 4 heterocycles. The summed E-state index contributed by atoms with van der Waals surface area (Å²) in [5.74, 6) is -0.163. The Balaban J connectivity index is 1.25. The second-order valence-corrected chi connectivity index (χ2v) is 12.0. The molecule has 2 N–H and O–H groups in total. The molecule has 2 saturated heterocycles. The van der Waals surface area contributed by atoms with Crippen LogP contribution in [0.2, 0.25) is 10.0 Å². The highest BCUT2D eigenvalue weighted by atomic mass is 35.5. The number of carbonyl (C=O) groups excluding carboxylic acids is 2. The van der Waals surface area contributed by atoms with Gasteiger partial charge in [-0.25, -0.2) is 4.98 Å². The van der Waals surface area contributed by atoms with Crippen LogP contribution < -0.4 is 19.9 Å². The van der Waals surface area contributed by atoms with E-state index in [0.29, 0.717) is 52.5 Å². The normalized spacial score (nSPS) is 19.1. The first-order valence-electron chi connectivity index (χ1n) is 14.2. The van der Waals surface area contributed by atoms with Crippen molar-refractivity contribution in [3.63, 3.8) is 0 Å². The zero-order chi connectivity index (χ0) is 30.2. The fourth-order valence-corrected chi connectivity index (χ4v) is 6.44. The number of likely N-dealkylation sites (tertiary alicyclic amines) is 1. The van der Waals surface area contributed by atoms with Crippen molar-refractivity contribution in [2.45, 2.75) is 31.4 Å². The van der Waals surface area contributed by atoms with E-state index in [1.807, 2.05) is 12.1 Å². The highest BCUT2D eigenvalue weighted by molar-refractivity contribution is 6.40. The van der Waals surface area contributed by atoms with Crippen LogP contribution in [0.25, 0.3) is 0 Å². The Morgan fingerprint density at radius 3 is 2.51 bits per heavy atom. The van der Waals surface area contributed by atoms with Crippen molar-refractivity contribution in [2.75, 3.05) is 62.1 Å². The molecule has 226 valence electrons. The predicted octanol–water partition coefficient (Wildman–Crippen LogP) is 4.26. The maximum Gasteiger partial charge on any atom is 0.268 e. The average Bonchev–Trinajstić information content (AvgIpc) is 3.44. The van der Waals surface area contributed by atoms with E-state index >= 15 is 0 Å². The van der Waals surface area contributed by atoms with E-state index in [4.69, 9.17) is 27.9 Å². The number of aliphatic hydroxyl groups excluding tert-OH is 1. The van der Waals surface area contributed by atoms with Gasteiger partial charge >= 0.3 is 0 Å². The fraction of sp³-hybridized carbons (Fsp3) is 0.400. The number of aromatic nitrogens is 2. The Morgan fingerprint density at radius 2 is 1.84 bits per heavy atom. The number of benzene rings is 2. The monoisotopic (exact) mass is 625 g/mol. The van der Waals surface area contributed by atoms with Crippen LogP contribution in [0.4, 0.5) is 23.0 Å². The lowest BCUT2D eigenvalue weighted by molar-refractivity contribution is 0.0765. The van der Waals surface area contributed by atoms with Gasteiger partial charge in [-0.2, -0.15) is 4.98 Å². The van der Waals surface area contributed by atoms with Crippen molar-refractivity contribution >= 4 is 58.0 Å². The van der Waals surface area contributed by atoms with Crippen molar-refractivity contribution < 1.29 is 19.4 Å². The minimum Gasteiger partial charge on any atom is -0.455 e.